The van der Waals surface area contributed by atoms with Crippen molar-refractivity contribution >= 4 is 17.7 Å². The van der Waals surface area contributed by atoms with Gasteiger partial charge in [0.1, 0.15) is 0 Å². The van der Waals surface area contributed by atoms with E-state index >= 15 is 0 Å². The molecule has 2 aromatic rings. The summed E-state index contributed by atoms with van der Waals surface area (Å²) in [6.45, 7) is 2.36. The molecule has 0 bridgehead atoms. The Labute approximate surface area is 154 Å². The highest BCUT2D eigenvalue weighted by atomic mass is 32.2. The van der Waals surface area contributed by atoms with Gasteiger partial charge in [-0.15, -0.1) is 11.8 Å². The van der Waals surface area contributed by atoms with Crippen molar-refractivity contribution in [3.63, 3.8) is 0 Å². The molecule has 1 unspecified atom stereocenters. The second-order valence-electron chi connectivity index (χ2n) is 7.57. The topological polar surface area (TPSA) is 20.3 Å². The van der Waals surface area contributed by atoms with E-state index in [4.69, 9.17) is 0 Å². The lowest BCUT2D eigenvalue weighted by Crippen LogP contribution is -2.56. The lowest BCUT2D eigenvalue weighted by Gasteiger charge is -2.50. The number of hydrogen-bond donors (Lipinski definition) is 0. The molecule has 3 heteroatoms. The third-order valence-electron chi connectivity index (χ3n) is 6.08. The van der Waals surface area contributed by atoms with Crippen LogP contribution in [-0.4, -0.2) is 23.9 Å². The Kier molecular flexibility index (Phi) is 4.36. The number of likely N-dealkylation sites (tertiary alicyclic amines) is 1. The Bertz CT molecular complexity index is 788. The predicted molar refractivity (Wildman–Crippen MR) is 104 cm³/mol. The van der Waals surface area contributed by atoms with Gasteiger partial charge < -0.3 is 4.90 Å². The molecule has 0 radical (unpaired) electrons. The van der Waals surface area contributed by atoms with Crippen molar-refractivity contribution in [1.29, 1.82) is 0 Å². The maximum Gasteiger partial charge on any atom is 0.222 e. The summed E-state index contributed by atoms with van der Waals surface area (Å²) >= 11 is 1.91. The number of amides is 1. The van der Waals surface area contributed by atoms with Crippen molar-refractivity contribution in [2.24, 2.45) is 0 Å². The lowest BCUT2D eigenvalue weighted by atomic mass is 9.63. The Morgan fingerprint density at radius 2 is 1.96 bits per heavy atom. The number of aryl methyl sites for hydroxylation is 1. The minimum atomic E-state index is 0.110. The fourth-order valence-electron chi connectivity index (χ4n) is 4.59. The molecule has 0 N–H and O–H groups in total. The van der Waals surface area contributed by atoms with Crippen molar-refractivity contribution in [2.75, 3.05) is 7.05 Å². The lowest BCUT2D eigenvalue weighted by molar-refractivity contribution is -0.138. The average Bonchev–Trinajstić information content (AvgIpc) is 2.64. The minimum absolute atomic E-state index is 0.110. The van der Waals surface area contributed by atoms with E-state index in [1.165, 1.54) is 21.6 Å². The highest BCUT2D eigenvalue weighted by Gasteiger charge is 2.46. The Morgan fingerprint density at radius 3 is 2.76 bits per heavy atom. The molecule has 2 nitrogen and oxygen atoms in total. The predicted octanol–water partition coefficient (Wildman–Crippen LogP) is 4.80. The molecule has 25 heavy (non-hydrogen) atoms. The van der Waals surface area contributed by atoms with E-state index < -0.39 is 0 Å². The van der Waals surface area contributed by atoms with Crippen LogP contribution in [0.15, 0.2) is 53.4 Å². The quantitative estimate of drug-likeness (QED) is 0.740. The van der Waals surface area contributed by atoms with Gasteiger partial charge in [0, 0.05) is 35.6 Å². The second-order valence-corrected chi connectivity index (χ2v) is 8.62. The molecule has 2 aromatic carbocycles. The fraction of sp³-hybridized carbons (Fsp3) is 0.409. The number of carbonyl (C=O) groups excluding carboxylic acids is 1. The van der Waals surface area contributed by atoms with Gasteiger partial charge in [-0.25, -0.2) is 0 Å². The number of benzene rings is 2. The number of carbonyl (C=O) groups is 1. The zero-order valence-electron chi connectivity index (χ0n) is 15.0. The summed E-state index contributed by atoms with van der Waals surface area (Å²) < 4.78 is 0. The van der Waals surface area contributed by atoms with E-state index in [0.29, 0.717) is 18.4 Å². The normalized spacial score (nSPS) is 25.4. The summed E-state index contributed by atoms with van der Waals surface area (Å²) in [6, 6.07) is 18.0. The number of fused-ring (bicyclic) bond motifs is 3. The number of rotatable bonds is 3. The number of thioether (sulfide) groups is 1. The van der Waals surface area contributed by atoms with Crippen molar-refractivity contribution in [3.05, 3.63) is 65.2 Å². The van der Waals surface area contributed by atoms with Gasteiger partial charge in [-0.2, -0.15) is 0 Å². The zero-order valence-corrected chi connectivity index (χ0v) is 15.8. The molecule has 1 aliphatic heterocycles. The van der Waals surface area contributed by atoms with Crippen molar-refractivity contribution in [2.45, 2.75) is 54.7 Å². The van der Waals surface area contributed by atoms with Gasteiger partial charge in [0.2, 0.25) is 5.91 Å². The molecule has 130 valence electrons. The molecule has 2 atom stereocenters. The first-order chi connectivity index (χ1) is 12.1. The molecule has 0 saturated carbocycles. The van der Waals surface area contributed by atoms with Crippen molar-refractivity contribution in [1.82, 2.24) is 4.90 Å². The molecule has 4 rings (SSSR count). The van der Waals surface area contributed by atoms with Gasteiger partial charge in [-0.05, 0) is 48.1 Å². The second kappa shape index (κ2) is 6.53. The zero-order chi connectivity index (χ0) is 17.4. The summed E-state index contributed by atoms with van der Waals surface area (Å²) in [5.41, 5.74) is 4.43. The first-order valence-corrected chi connectivity index (χ1v) is 10.1. The SMILES string of the molecule is CN1C(=O)CC[C@]2(C)c3ccc(SCc4ccccc4)cc3CCC12. The number of hydrogen-bond acceptors (Lipinski definition) is 2. The molecular formula is C22H25NOS. The minimum Gasteiger partial charge on any atom is -0.342 e. The van der Waals surface area contributed by atoms with Gasteiger partial charge in [0.05, 0.1) is 0 Å². The first-order valence-electron chi connectivity index (χ1n) is 9.14. The number of nitrogens with zero attached hydrogens (tertiary/aromatic N) is 1. The van der Waals surface area contributed by atoms with E-state index in [1.54, 1.807) is 0 Å². The van der Waals surface area contributed by atoms with Crippen LogP contribution in [0.4, 0.5) is 0 Å². The van der Waals surface area contributed by atoms with Crippen LogP contribution >= 0.6 is 11.8 Å². The monoisotopic (exact) mass is 351 g/mol. The Morgan fingerprint density at radius 1 is 1.16 bits per heavy atom. The van der Waals surface area contributed by atoms with Gasteiger partial charge in [-0.3, -0.25) is 4.79 Å². The van der Waals surface area contributed by atoms with E-state index in [9.17, 15) is 4.79 Å². The fourth-order valence-corrected chi connectivity index (χ4v) is 5.51. The van der Waals surface area contributed by atoms with E-state index in [1.807, 2.05) is 23.7 Å². The number of likely N-dealkylation sites (N-methyl/N-ethyl adjacent to an activating group) is 1. The Balaban J connectivity index is 1.57. The van der Waals surface area contributed by atoms with E-state index in [-0.39, 0.29) is 5.41 Å². The molecule has 1 amide bonds. The summed E-state index contributed by atoms with van der Waals surface area (Å²) in [5, 5.41) is 0. The molecule has 1 fully saturated rings. The summed E-state index contributed by atoms with van der Waals surface area (Å²) in [4.78, 5) is 15.5. The highest BCUT2D eigenvalue weighted by Crippen LogP contribution is 2.46. The highest BCUT2D eigenvalue weighted by molar-refractivity contribution is 7.98. The van der Waals surface area contributed by atoms with Crippen LogP contribution in [-0.2, 0) is 22.4 Å². The van der Waals surface area contributed by atoms with E-state index in [2.05, 4.69) is 55.5 Å². The van der Waals surface area contributed by atoms with Crippen LogP contribution in [0, 0.1) is 0 Å². The van der Waals surface area contributed by atoms with Gasteiger partial charge in [0.15, 0.2) is 0 Å². The smallest absolute Gasteiger partial charge is 0.222 e. The van der Waals surface area contributed by atoms with Crippen molar-refractivity contribution in [3.8, 4) is 0 Å². The van der Waals surface area contributed by atoms with Crippen molar-refractivity contribution < 1.29 is 4.79 Å². The summed E-state index contributed by atoms with van der Waals surface area (Å²) in [6.07, 6.45) is 3.81. The molecule has 0 spiro atoms. The Hall–Kier alpha value is -1.74. The maximum absolute atomic E-state index is 12.1. The van der Waals surface area contributed by atoms with Crippen LogP contribution in [0.25, 0.3) is 0 Å². The van der Waals surface area contributed by atoms with Crippen LogP contribution < -0.4 is 0 Å². The van der Waals surface area contributed by atoms with Gasteiger partial charge in [0.25, 0.3) is 0 Å². The molecule has 0 aromatic heterocycles. The average molecular weight is 352 g/mol. The summed E-state index contributed by atoms with van der Waals surface area (Å²) in [7, 11) is 1.99. The third kappa shape index (κ3) is 2.99. The van der Waals surface area contributed by atoms with Crippen LogP contribution in [0.3, 0.4) is 0 Å². The summed E-state index contributed by atoms with van der Waals surface area (Å²) in [5.74, 6) is 1.32. The third-order valence-corrected chi connectivity index (χ3v) is 7.15. The molecule has 1 saturated heterocycles. The van der Waals surface area contributed by atoms with E-state index in [0.717, 1.165) is 25.0 Å². The van der Waals surface area contributed by atoms with Crippen LogP contribution in [0.5, 0.6) is 0 Å². The molecule has 2 aliphatic rings. The number of piperidine rings is 1. The molecule has 1 heterocycles. The standard InChI is InChI=1S/C22H25NOS/c1-22-13-12-21(24)23(2)20(22)11-8-17-14-18(9-10-19(17)22)25-15-16-6-4-3-5-7-16/h3-7,9-10,14,20H,8,11-13,15H2,1-2H3/t20?,22-/m1/s1. The molecule has 1 aliphatic carbocycles. The largest absolute Gasteiger partial charge is 0.342 e. The van der Waals surface area contributed by atoms with Gasteiger partial charge in [-0.1, -0.05) is 43.3 Å². The van der Waals surface area contributed by atoms with Crippen LogP contribution in [0.2, 0.25) is 0 Å². The maximum atomic E-state index is 12.1. The van der Waals surface area contributed by atoms with Crippen LogP contribution in [0.1, 0.15) is 42.9 Å². The van der Waals surface area contributed by atoms with Gasteiger partial charge >= 0.3 is 0 Å². The first kappa shape index (κ1) is 16.7. The molecular weight excluding hydrogens is 326 g/mol.